The highest BCUT2D eigenvalue weighted by Gasteiger charge is 2.12. The van der Waals surface area contributed by atoms with Crippen molar-refractivity contribution in [2.75, 3.05) is 7.11 Å². The Morgan fingerprint density at radius 2 is 1.94 bits per heavy atom. The van der Waals surface area contributed by atoms with Crippen LogP contribution in [0.4, 0.5) is 4.39 Å². The summed E-state index contributed by atoms with van der Waals surface area (Å²) in [5.74, 6) is 0.378. The molecule has 0 aliphatic rings. The van der Waals surface area contributed by atoms with E-state index in [4.69, 9.17) is 4.74 Å². The molecule has 0 saturated heterocycles. The Balaban J connectivity index is 2.43. The molecule has 0 N–H and O–H groups in total. The van der Waals surface area contributed by atoms with Crippen molar-refractivity contribution in [2.45, 2.75) is 50.3 Å². The Morgan fingerprint density at radius 1 is 1.22 bits per heavy atom. The molecule has 0 aromatic heterocycles. The van der Waals surface area contributed by atoms with Crippen molar-refractivity contribution in [3.8, 4) is 5.75 Å². The van der Waals surface area contributed by atoms with E-state index < -0.39 is 0 Å². The fourth-order valence-corrected chi connectivity index (χ4v) is 2.67. The van der Waals surface area contributed by atoms with Crippen LogP contribution in [0.25, 0.3) is 0 Å². The van der Waals surface area contributed by atoms with Gasteiger partial charge in [-0.2, -0.15) is 0 Å². The first-order chi connectivity index (χ1) is 8.69. The van der Waals surface area contributed by atoms with E-state index in [-0.39, 0.29) is 10.6 Å². The summed E-state index contributed by atoms with van der Waals surface area (Å²) in [4.78, 5) is 0.102. The van der Waals surface area contributed by atoms with Gasteiger partial charge in [-0.05, 0) is 12.5 Å². The highest BCUT2D eigenvalue weighted by Crippen LogP contribution is 2.32. The second-order valence-corrected chi connectivity index (χ2v) is 5.66. The molecule has 1 nitrogen and oxygen atoms in total. The molecule has 1 atom stereocenters. The molecule has 0 heterocycles. The highest BCUT2D eigenvalue weighted by molar-refractivity contribution is 9.09. The average molecular weight is 317 g/mol. The van der Waals surface area contributed by atoms with E-state index >= 15 is 0 Å². The largest absolute Gasteiger partial charge is 0.497 e. The summed E-state index contributed by atoms with van der Waals surface area (Å²) in [6.45, 7) is 2.21. The number of benzene rings is 1. The molecular weight excluding hydrogens is 295 g/mol. The third-order valence-corrected chi connectivity index (χ3v) is 4.06. The third-order valence-electron chi connectivity index (χ3n) is 3.11. The van der Waals surface area contributed by atoms with E-state index in [1.807, 2.05) is 6.07 Å². The molecule has 102 valence electrons. The Labute approximate surface area is 118 Å². The van der Waals surface area contributed by atoms with E-state index in [1.165, 1.54) is 31.7 Å². The van der Waals surface area contributed by atoms with Crippen molar-refractivity contribution in [1.29, 1.82) is 0 Å². The molecule has 0 aliphatic heterocycles. The van der Waals surface area contributed by atoms with E-state index in [0.717, 1.165) is 18.4 Å². The third kappa shape index (κ3) is 4.97. The summed E-state index contributed by atoms with van der Waals surface area (Å²) in [6, 6.07) is 5.06. The summed E-state index contributed by atoms with van der Waals surface area (Å²) in [5.41, 5.74) is 0.728. The van der Waals surface area contributed by atoms with Gasteiger partial charge < -0.3 is 4.74 Å². The second-order valence-electron chi connectivity index (χ2n) is 4.56. The first-order valence-corrected chi connectivity index (χ1v) is 7.58. The summed E-state index contributed by atoms with van der Waals surface area (Å²) >= 11 is 3.57. The van der Waals surface area contributed by atoms with Crippen LogP contribution in [0.5, 0.6) is 5.75 Å². The lowest BCUT2D eigenvalue weighted by Crippen LogP contribution is -1.96. The topological polar surface area (TPSA) is 9.23 Å². The van der Waals surface area contributed by atoms with Crippen LogP contribution in [0.1, 0.15) is 55.8 Å². The highest BCUT2D eigenvalue weighted by atomic mass is 79.9. The van der Waals surface area contributed by atoms with E-state index in [9.17, 15) is 4.39 Å². The molecule has 0 aliphatic carbocycles. The number of unbranched alkanes of at least 4 members (excludes halogenated alkanes) is 4. The fraction of sp³-hybridized carbons (Fsp3) is 0.600. The van der Waals surface area contributed by atoms with Crippen LogP contribution in [0.2, 0.25) is 0 Å². The molecule has 3 heteroatoms. The first-order valence-electron chi connectivity index (χ1n) is 6.66. The van der Waals surface area contributed by atoms with Gasteiger partial charge in [0, 0.05) is 16.5 Å². The van der Waals surface area contributed by atoms with Crippen molar-refractivity contribution in [2.24, 2.45) is 0 Å². The molecular formula is C15H22BrFO. The number of ether oxygens (including phenoxy) is 1. The van der Waals surface area contributed by atoms with Crippen molar-refractivity contribution in [3.05, 3.63) is 29.6 Å². The SMILES string of the molecule is CCCCCCCC(Br)c1ccc(OC)cc1F. The smallest absolute Gasteiger partial charge is 0.131 e. The van der Waals surface area contributed by atoms with Gasteiger partial charge in [0.1, 0.15) is 11.6 Å². The number of rotatable bonds is 8. The van der Waals surface area contributed by atoms with Gasteiger partial charge in [0.25, 0.3) is 0 Å². The Bertz CT molecular complexity index is 354. The zero-order valence-electron chi connectivity index (χ0n) is 11.2. The standard InChI is InChI=1S/C15H22BrFO/c1-3-4-5-6-7-8-14(16)13-10-9-12(18-2)11-15(13)17/h9-11,14H,3-8H2,1-2H3. The van der Waals surface area contributed by atoms with Crippen LogP contribution in [-0.4, -0.2) is 7.11 Å². The van der Waals surface area contributed by atoms with Gasteiger partial charge >= 0.3 is 0 Å². The lowest BCUT2D eigenvalue weighted by Gasteiger charge is -2.12. The number of hydrogen-bond donors (Lipinski definition) is 0. The number of methoxy groups -OCH3 is 1. The lowest BCUT2D eigenvalue weighted by molar-refractivity contribution is 0.410. The van der Waals surface area contributed by atoms with E-state index in [1.54, 1.807) is 13.2 Å². The maximum absolute atomic E-state index is 13.8. The summed E-state index contributed by atoms with van der Waals surface area (Å²) in [6.07, 6.45) is 7.18. The molecule has 0 spiro atoms. The van der Waals surface area contributed by atoms with Crippen LogP contribution < -0.4 is 4.74 Å². The minimum absolute atomic E-state index is 0.102. The van der Waals surface area contributed by atoms with Crippen LogP contribution in [0, 0.1) is 5.82 Å². The van der Waals surface area contributed by atoms with Gasteiger partial charge in [-0.3, -0.25) is 0 Å². The molecule has 1 rings (SSSR count). The quantitative estimate of drug-likeness (QED) is 0.446. The molecule has 0 amide bonds. The molecule has 0 radical (unpaired) electrons. The minimum atomic E-state index is -0.190. The predicted molar refractivity (Wildman–Crippen MR) is 78.0 cm³/mol. The van der Waals surface area contributed by atoms with Gasteiger partial charge in [-0.25, -0.2) is 4.39 Å². The van der Waals surface area contributed by atoms with Crippen LogP contribution in [0.3, 0.4) is 0 Å². The molecule has 0 saturated carbocycles. The van der Waals surface area contributed by atoms with Crippen LogP contribution in [-0.2, 0) is 0 Å². The monoisotopic (exact) mass is 316 g/mol. The zero-order chi connectivity index (χ0) is 13.4. The van der Waals surface area contributed by atoms with Crippen LogP contribution >= 0.6 is 15.9 Å². The van der Waals surface area contributed by atoms with Crippen molar-refractivity contribution in [1.82, 2.24) is 0 Å². The maximum atomic E-state index is 13.8. The first kappa shape index (κ1) is 15.5. The summed E-state index contributed by atoms with van der Waals surface area (Å²) < 4.78 is 18.8. The summed E-state index contributed by atoms with van der Waals surface area (Å²) in [7, 11) is 1.55. The molecule has 1 unspecified atom stereocenters. The molecule has 1 aromatic carbocycles. The van der Waals surface area contributed by atoms with Crippen molar-refractivity contribution < 1.29 is 9.13 Å². The molecule has 1 aromatic rings. The van der Waals surface area contributed by atoms with Crippen molar-refractivity contribution >= 4 is 15.9 Å². The normalized spacial score (nSPS) is 12.4. The van der Waals surface area contributed by atoms with Gasteiger partial charge in [-0.15, -0.1) is 0 Å². The van der Waals surface area contributed by atoms with Crippen molar-refractivity contribution in [3.63, 3.8) is 0 Å². The predicted octanol–water partition coefficient (Wildman–Crippen LogP) is 5.63. The Kier molecular flexibility index (Phi) is 7.33. The molecule has 18 heavy (non-hydrogen) atoms. The molecule has 0 bridgehead atoms. The summed E-state index contributed by atoms with van der Waals surface area (Å²) in [5, 5.41) is 0. The van der Waals surface area contributed by atoms with Gasteiger partial charge in [0.15, 0.2) is 0 Å². The minimum Gasteiger partial charge on any atom is -0.497 e. The van der Waals surface area contributed by atoms with Crippen LogP contribution in [0.15, 0.2) is 18.2 Å². The zero-order valence-corrected chi connectivity index (χ0v) is 12.8. The van der Waals surface area contributed by atoms with E-state index in [2.05, 4.69) is 22.9 Å². The van der Waals surface area contributed by atoms with Gasteiger partial charge in [0.05, 0.1) is 7.11 Å². The van der Waals surface area contributed by atoms with Gasteiger partial charge in [-0.1, -0.05) is 61.0 Å². The molecule has 0 fully saturated rings. The van der Waals surface area contributed by atoms with Gasteiger partial charge in [0.2, 0.25) is 0 Å². The van der Waals surface area contributed by atoms with E-state index in [0.29, 0.717) is 5.75 Å². The number of alkyl halides is 1. The average Bonchev–Trinajstić information content (AvgIpc) is 2.38. The number of halogens is 2. The maximum Gasteiger partial charge on any atom is 0.131 e. The Hall–Kier alpha value is -0.570. The Morgan fingerprint density at radius 3 is 2.56 bits per heavy atom. The lowest BCUT2D eigenvalue weighted by atomic mass is 10.0. The number of hydrogen-bond acceptors (Lipinski definition) is 1. The fourth-order valence-electron chi connectivity index (χ4n) is 1.97. The second kappa shape index (κ2) is 8.52.